The van der Waals surface area contributed by atoms with Crippen LogP contribution in [0.3, 0.4) is 0 Å². The number of aromatic nitrogens is 2. The number of likely N-dealkylation sites (tertiary alicyclic amines) is 1. The summed E-state index contributed by atoms with van der Waals surface area (Å²) in [4.78, 5) is 46.9. The first-order valence-electron chi connectivity index (χ1n) is 12.7. The first-order valence-corrected chi connectivity index (χ1v) is 12.7. The zero-order chi connectivity index (χ0) is 26.1. The fourth-order valence-electron chi connectivity index (χ4n) is 5.25. The van der Waals surface area contributed by atoms with E-state index >= 15 is 0 Å². The van der Waals surface area contributed by atoms with Crippen molar-refractivity contribution in [1.82, 2.24) is 24.3 Å². The molecule has 12 nitrogen and oxygen atoms in total. The number of rotatable bonds is 7. The maximum atomic E-state index is 12.6. The number of hydrogen-bond donors (Lipinski definition) is 4. The zero-order valence-corrected chi connectivity index (χ0v) is 20.7. The van der Waals surface area contributed by atoms with Crippen LogP contribution in [0.4, 0.5) is 10.6 Å². The van der Waals surface area contributed by atoms with Crippen molar-refractivity contribution in [3.63, 3.8) is 0 Å². The summed E-state index contributed by atoms with van der Waals surface area (Å²) < 4.78 is 1.43. The number of anilines is 1. The molecule has 3 heterocycles. The topological polar surface area (TPSA) is 163 Å². The molecule has 3 fully saturated rings. The molecule has 2 saturated heterocycles. The highest BCUT2D eigenvalue weighted by atomic mass is 16.3. The lowest BCUT2D eigenvalue weighted by Crippen LogP contribution is -2.55. The van der Waals surface area contributed by atoms with Crippen molar-refractivity contribution in [2.75, 3.05) is 57.7 Å². The highest BCUT2D eigenvalue weighted by Gasteiger charge is 2.53. The number of benzene rings is 1. The number of piperazine rings is 1. The van der Waals surface area contributed by atoms with E-state index in [0.717, 1.165) is 26.1 Å². The normalized spacial score (nSPS) is 24.0. The maximum absolute atomic E-state index is 12.6. The third-order valence-electron chi connectivity index (χ3n) is 7.70. The molecular weight excluding hydrogens is 476 g/mol. The predicted molar refractivity (Wildman–Crippen MR) is 137 cm³/mol. The Kier molecular flexibility index (Phi) is 7.24. The van der Waals surface area contributed by atoms with E-state index in [-0.39, 0.29) is 11.7 Å². The number of nitrogens with one attached hydrogen (secondary N) is 1. The van der Waals surface area contributed by atoms with E-state index in [2.05, 4.69) is 15.2 Å². The summed E-state index contributed by atoms with van der Waals surface area (Å²) in [5.41, 5.74) is 13.0. The lowest BCUT2D eigenvalue weighted by atomic mass is 10.1. The minimum Gasteiger partial charge on any atom is -0.394 e. The molecule has 1 aromatic heterocycles. The average molecular weight is 511 g/mol. The van der Waals surface area contributed by atoms with Gasteiger partial charge in [-0.1, -0.05) is 12.1 Å². The maximum Gasteiger partial charge on any atom is 0.354 e. The van der Waals surface area contributed by atoms with Crippen LogP contribution in [0.5, 0.6) is 0 Å². The fourth-order valence-corrected chi connectivity index (χ4v) is 5.25. The molecule has 37 heavy (non-hydrogen) atoms. The molecule has 2 aromatic rings. The fraction of sp³-hybridized carbons (Fsp3) is 0.520. The van der Waals surface area contributed by atoms with Gasteiger partial charge < -0.3 is 31.3 Å². The second-order valence-corrected chi connectivity index (χ2v) is 10.1. The Morgan fingerprint density at radius 3 is 2.32 bits per heavy atom. The third-order valence-corrected chi connectivity index (χ3v) is 7.70. The van der Waals surface area contributed by atoms with Crippen molar-refractivity contribution in [1.29, 1.82) is 0 Å². The van der Waals surface area contributed by atoms with Gasteiger partial charge in [0, 0.05) is 58.1 Å². The lowest BCUT2D eigenvalue weighted by molar-refractivity contribution is -0.134. The van der Waals surface area contributed by atoms with Crippen LogP contribution in [-0.2, 0) is 11.2 Å². The number of piperidine rings is 1. The Balaban J connectivity index is 1.12. The molecule has 12 heteroatoms. The van der Waals surface area contributed by atoms with Gasteiger partial charge in [-0.05, 0) is 42.0 Å². The van der Waals surface area contributed by atoms with E-state index in [9.17, 15) is 14.4 Å². The highest BCUT2D eigenvalue weighted by Crippen LogP contribution is 2.43. The molecule has 3 amide bonds. The van der Waals surface area contributed by atoms with Crippen LogP contribution in [-0.4, -0.2) is 106 Å². The SMILES string of the molecule is NC(CO)C(=O)N1CCN(C(=O)Nc2ccn(-c3ccc(CCN4CC5C(N)[C@H]5C4)cc3)c(=O)n2)CC1. The van der Waals surface area contributed by atoms with Gasteiger partial charge in [0.15, 0.2) is 0 Å². The molecule has 1 saturated carbocycles. The van der Waals surface area contributed by atoms with Gasteiger partial charge in [0.05, 0.1) is 12.3 Å². The minimum absolute atomic E-state index is 0.159. The molecule has 0 bridgehead atoms. The molecule has 1 aromatic carbocycles. The van der Waals surface area contributed by atoms with Gasteiger partial charge in [-0.15, -0.1) is 0 Å². The zero-order valence-electron chi connectivity index (χ0n) is 20.7. The molecule has 3 unspecified atom stereocenters. The number of amides is 3. The van der Waals surface area contributed by atoms with Gasteiger partial charge in [-0.2, -0.15) is 4.98 Å². The van der Waals surface area contributed by atoms with Gasteiger partial charge in [-0.25, -0.2) is 9.59 Å². The smallest absolute Gasteiger partial charge is 0.354 e. The number of carbonyl (C=O) groups excluding carboxylic acids is 2. The van der Waals surface area contributed by atoms with Crippen LogP contribution in [0.2, 0.25) is 0 Å². The van der Waals surface area contributed by atoms with Crippen LogP contribution >= 0.6 is 0 Å². The summed E-state index contributed by atoms with van der Waals surface area (Å²) in [5, 5.41) is 11.7. The summed E-state index contributed by atoms with van der Waals surface area (Å²) in [7, 11) is 0. The largest absolute Gasteiger partial charge is 0.394 e. The minimum atomic E-state index is -0.951. The molecule has 6 N–H and O–H groups in total. The van der Waals surface area contributed by atoms with Crippen molar-refractivity contribution in [3.05, 3.63) is 52.6 Å². The van der Waals surface area contributed by atoms with E-state index in [0.29, 0.717) is 49.7 Å². The molecular formula is C25H34N8O4. The first kappa shape index (κ1) is 25.3. The summed E-state index contributed by atoms with van der Waals surface area (Å²) in [6.07, 6.45) is 2.54. The second-order valence-electron chi connectivity index (χ2n) is 10.1. The van der Waals surface area contributed by atoms with Crippen molar-refractivity contribution in [2.24, 2.45) is 23.3 Å². The summed E-state index contributed by atoms with van der Waals surface area (Å²) >= 11 is 0. The van der Waals surface area contributed by atoms with E-state index < -0.39 is 24.4 Å². The molecule has 4 atom stereocenters. The van der Waals surface area contributed by atoms with E-state index in [1.165, 1.54) is 15.0 Å². The van der Waals surface area contributed by atoms with Gasteiger partial charge in [0.2, 0.25) is 5.91 Å². The van der Waals surface area contributed by atoms with Crippen LogP contribution in [0.25, 0.3) is 5.69 Å². The number of fused-ring (bicyclic) bond motifs is 1. The lowest BCUT2D eigenvalue weighted by Gasteiger charge is -2.35. The number of aliphatic hydroxyl groups is 1. The van der Waals surface area contributed by atoms with Crippen molar-refractivity contribution >= 4 is 17.8 Å². The van der Waals surface area contributed by atoms with E-state index in [4.69, 9.17) is 16.6 Å². The predicted octanol–water partition coefficient (Wildman–Crippen LogP) is -1.34. The van der Waals surface area contributed by atoms with Gasteiger partial charge in [-0.3, -0.25) is 14.7 Å². The molecule has 1 aliphatic carbocycles. The summed E-state index contributed by atoms with van der Waals surface area (Å²) in [5.74, 6) is 1.19. The van der Waals surface area contributed by atoms with Crippen LogP contribution in [0.1, 0.15) is 5.56 Å². The summed E-state index contributed by atoms with van der Waals surface area (Å²) in [6.45, 7) is 4.05. The number of carbonyl (C=O) groups is 2. The Morgan fingerprint density at radius 1 is 1.05 bits per heavy atom. The molecule has 0 spiro atoms. The van der Waals surface area contributed by atoms with E-state index in [1.54, 1.807) is 17.2 Å². The van der Waals surface area contributed by atoms with Crippen LogP contribution < -0.4 is 22.5 Å². The van der Waals surface area contributed by atoms with Gasteiger partial charge in [0.1, 0.15) is 11.9 Å². The van der Waals surface area contributed by atoms with Gasteiger partial charge >= 0.3 is 11.7 Å². The quantitative estimate of drug-likeness (QED) is 0.356. The number of nitrogens with zero attached hydrogens (tertiary/aromatic N) is 5. The average Bonchev–Trinajstić information content (AvgIpc) is 3.30. The molecule has 5 rings (SSSR count). The molecule has 0 radical (unpaired) electrons. The molecule has 198 valence electrons. The first-order chi connectivity index (χ1) is 17.8. The number of nitrogens with two attached hydrogens (primary N) is 2. The number of aliphatic hydroxyl groups excluding tert-OH is 1. The second kappa shape index (κ2) is 10.6. The standard InChI is InChI=1S/C25H34N8O4/c26-20(15-34)23(35)31-9-11-32(12-10-31)24(36)28-21-6-8-33(25(37)29-21)17-3-1-16(2-4-17)5-7-30-13-18-19(14-30)22(18)27/h1-4,6,8,18-20,22,34H,5,7,9-15,26-27H2,(H,28,29,36,37)/t18-,19?,20?,22?/m0/s1. The van der Waals surface area contributed by atoms with Crippen molar-refractivity contribution < 1.29 is 14.7 Å². The van der Waals surface area contributed by atoms with Crippen LogP contribution in [0, 0.1) is 11.8 Å². The van der Waals surface area contributed by atoms with Crippen molar-refractivity contribution in [3.8, 4) is 5.69 Å². The summed E-state index contributed by atoms with van der Waals surface area (Å²) in [6, 6.07) is 8.49. The van der Waals surface area contributed by atoms with Crippen LogP contribution in [0.15, 0.2) is 41.3 Å². The van der Waals surface area contributed by atoms with E-state index in [1.807, 2.05) is 24.3 Å². The molecule has 3 aliphatic rings. The highest BCUT2D eigenvalue weighted by molar-refractivity contribution is 5.88. The number of urea groups is 1. The Bertz CT molecular complexity index is 1180. The van der Waals surface area contributed by atoms with Gasteiger partial charge in [0.25, 0.3) is 0 Å². The Morgan fingerprint density at radius 2 is 1.70 bits per heavy atom. The Hall–Kier alpha value is -3.32. The molecule has 2 aliphatic heterocycles. The monoisotopic (exact) mass is 510 g/mol. The van der Waals surface area contributed by atoms with Crippen molar-refractivity contribution in [2.45, 2.75) is 18.5 Å². The Labute approximate surface area is 214 Å². The number of hydrogen-bond acceptors (Lipinski definition) is 8. The third kappa shape index (κ3) is 5.52.